The van der Waals surface area contributed by atoms with Gasteiger partial charge in [0.1, 0.15) is 12.1 Å². The van der Waals surface area contributed by atoms with Crippen molar-refractivity contribution in [1.82, 2.24) is 0 Å². The van der Waals surface area contributed by atoms with Gasteiger partial charge < -0.3 is 14.9 Å². The van der Waals surface area contributed by atoms with Gasteiger partial charge in [-0.15, -0.1) is 0 Å². The Morgan fingerprint density at radius 3 is 2.39 bits per heavy atom. The largest absolute Gasteiger partial charge is 0.475 e. The lowest BCUT2D eigenvalue weighted by Crippen LogP contribution is -2.37. The zero-order chi connectivity index (χ0) is 13.2. The molecule has 0 bridgehead atoms. The number of aliphatic hydroxyl groups excluding tert-OH is 2. The fourth-order valence-corrected chi connectivity index (χ4v) is 1.57. The highest BCUT2D eigenvalue weighted by molar-refractivity contribution is 5.95. The second-order valence-corrected chi connectivity index (χ2v) is 4.05. The number of aliphatic imine (C=N–C) groups is 1. The zero-order valence-corrected chi connectivity index (χ0v) is 9.44. The van der Waals surface area contributed by atoms with E-state index in [1.54, 1.807) is 0 Å². The molecule has 0 aliphatic carbocycles. The van der Waals surface area contributed by atoms with E-state index in [0.717, 1.165) is 0 Å². The molecule has 7 heteroatoms. The summed E-state index contributed by atoms with van der Waals surface area (Å²) in [4.78, 5) is 14.1. The molecule has 0 unspecified atom stereocenters. The third-order valence-corrected chi connectivity index (χ3v) is 2.73. The Kier molecular flexibility index (Phi) is 3.26. The van der Waals surface area contributed by atoms with E-state index in [4.69, 9.17) is 14.9 Å². The minimum Gasteiger partial charge on any atom is -0.475 e. The van der Waals surface area contributed by atoms with Crippen LogP contribution in [-0.4, -0.2) is 46.4 Å². The monoisotopic (exact) mass is 252 g/mol. The smallest absolute Gasteiger partial charge is 0.269 e. The number of hydrogen-bond acceptors (Lipinski definition) is 6. The van der Waals surface area contributed by atoms with Crippen molar-refractivity contribution in [2.75, 3.05) is 19.8 Å². The number of ether oxygens (including phenoxy) is 1. The van der Waals surface area contributed by atoms with Gasteiger partial charge in [-0.05, 0) is 12.1 Å². The van der Waals surface area contributed by atoms with Gasteiger partial charge in [0, 0.05) is 17.7 Å². The Hall–Kier alpha value is -1.99. The molecule has 0 spiro atoms. The average molecular weight is 252 g/mol. The van der Waals surface area contributed by atoms with Crippen molar-refractivity contribution in [3.8, 4) is 0 Å². The summed E-state index contributed by atoms with van der Waals surface area (Å²) in [6, 6.07) is 5.72. The van der Waals surface area contributed by atoms with Gasteiger partial charge in [0.15, 0.2) is 0 Å². The molecule has 0 atom stereocenters. The first-order valence-corrected chi connectivity index (χ1v) is 5.29. The minimum atomic E-state index is -1.02. The number of rotatable bonds is 4. The maximum Gasteiger partial charge on any atom is 0.269 e. The molecule has 0 aromatic heterocycles. The fraction of sp³-hybridized carbons (Fsp3) is 0.364. The predicted molar refractivity (Wildman–Crippen MR) is 62.5 cm³/mol. The second kappa shape index (κ2) is 4.71. The molecular weight excluding hydrogens is 240 g/mol. The number of non-ortho nitro benzene ring substituents is 1. The molecule has 96 valence electrons. The third kappa shape index (κ3) is 2.18. The summed E-state index contributed by atoms with van der Waals surface area (Å²) in [6.07, 6.45) is 0. The van der Waals surface area contributed by atoms with Crippen molar-refractivity contribution in [3.05, 3.63) is 39.9 Å². The van der Waals surface area contributed by atoms with Crippen LogP contribution in [0.15, 0.2) is 29.3 Å². The van der Waals surface area contributed by atoms with Crippen LogP contribution in [0.5, 0.6) is 0 Å². The van der Waals surface area contributed by atoms with Crippen LogP contribution < -0.4 is 0 Å². The SMILES string of the molecule is O=[N+]([O-])c1ccc(C2=NC(CO)(CO)CO2)cc1. The molecule has 0 radical (unpaired) electrons. The molecule has 1 aliphatic rings. The Morgan fingerprint density at radius 2 is 1.94 bits per heavy atom. The van der Waals surface area contributed by atoms with Crippen LogP contribution in [0, 0.1) is 10.1 Å². The molecule has 2 N–H and O–H groups in total. The molecule has 1 aromatic carbocycles. The quantitative estimate of drug-likeness (QED) is 0.583. The molecule has 2 rings (SSSR count). The molecule has 0 amide bonds. The first-order chi connectivity index (χ1) is 8.60. The van der Waals surface area contributed by atoms with E-state index in [1.807, 2.05) is 0 Å². The Morgan fingerprint density at radius 1 is 1.33 bits per heavy atom. The lowest BCUT2D eigenvalue weighted by atomic mass is 10.1. The topological polar surface area (TPSA) is 105 Å². The van der Waals surface area contributed by atoms with E-state index in [1.165, 1.54) is 24.3 Å². The zero-order valence-electron chi connectivity index (χ0n) is 9.44. The van der Waals surface area contributed by atoms with Crippen LogP contribution in [0.4, 0.5) is 5.69 Å². The van der Waals surface area contributed by atoms with Crippen LogP contribution >= 0.6 is 0 Å². The maximum atomic E-state index is 10.5. The van der Waals surface area contributed by atoms with Gasteiger partial charge in [-0.3, -0.25) is 10.1 Å². The van der Waals surface area contributed by atoms with E-state index >= 15 is 0 Å². The summed E-state index contributed by atoms with van der Waals surface area (Å²) in [5.74, 6) is 0.271. The number of nitrogens with zero attached hydrogens (tertiary/aromatic N) is 2. The van der Waals surface area contributed by atoms with Crippen molar-refractivity contribution in [2.45, 2.75) is 5.54 Å². The second-order valence-electron chi connectivity index (χ2n) is 4.05. The molecular formula is C11H12N2O5. The van der Waals surface area contributed by atoms with Crippen molar-refractivity contribution in [2.24, 2.45) is 4.99 Å². The number of nitro benzene ring substituents is 1. The molecule has 1 heterocycles. The minimum absolute atomic E-state index is 0.0204. The molecule has 7 nitrogen and oxygen atoms in total. The van der Waals surface area contributed by atoms with Gasteiger partial charge in [0.05, 0.1) is 18.1 Å². The third-order valence-electron chi connectivity index (χ3n) is 2.73. The summed E-state index contributed by atoms with van der Waals surface area (Å²) in [5.41, 5.74) is -0.464. The molecule has 0 fully saturated rings. The van der Waals surface area contributed by atoms with Crippen LogP contribution in [0.3, 0.4) is 0 Å². The average Bonchev–Trinajstić information content (AvgIpc) is 2.84. The number of benzene rings is 1. The van der Waals surface area contributed by atoms with Crippen LogP contribution in [0.25, 0.3) is 0 Å². The number of nitro groups is 1. The molecule has 0 saturated carbocycles. The molecule has 1 aromatic rings. The first kappa shape index (κ1) is 12.5. The van der Waals surface area contributed by atoms with Crippen molar-refractivity contribution in [1.29, 1.82) is 0 Å². The summed E-state index contributed by atoms with van der Waals surface area (Å²) < 4.78 is 5.30. The van der Waals surface area contributed by atoms with Crippen LogP contribution in [-0.2, 0) is 4.74 Å². The van der Waals surface area contributed by atoms with Gasteiger partial charge in [0.25, 0.3) is 5.69 Å². The van der Waals surface area contributed by atoms with Crippen molar-refractivity contribution >= 4 is 11.6 Å². The van der Waals surface area contributed by atoms with Crippen LogP contribution in [0.1, 0.15) is 5.56 Å². The van der Waals surface area contributed by atoms with Crippen LogP contribution in [0.2, 0.25) is 0 Å². The van der Waals surface area contributed by atoms with E-state index in [0.29, 0.717) is 5.56 Å². The van der Waals surface area contributed by atoms with Crippen molar-refractivity contribution in [3.63, 3.8) is 0 Å². The van der Waals surface area contributed by atoms with Gasteiger partial charge in [0.2, 0.25) is 5.90 Å². The van der Waals surface area contributed by atoms with E-state index in [-0.39, 0.29) is 31.4 Å². The highest BCUT2D eigenvalue weighted by atomic mass is 16.6. The van der Waals surface area contributed by atoms with Gasteiger partial charge >= 0.3 is 0 Å². The standard InChI is InChI=1S/C11H12N2O5/c14-5-11(6-15)7-18-10(12-11)8-1-3-9(4-2-8)13(16)17/h1-4,14-15H,5-7H2. The molecule has 0 saturated heterocycles. The first-order valence-electron chi connectivity index (χ1n) is 5.29. The van der Waals surface area contributed by atoms with Gasteiger partial charge in [-0.1, -0.05) is 0 Å². The highest BCUT2D eigenvalue weighted by Crippen LogP contribution is 2.22. The number of aliphatic hydroxyl groups is 2. The van der Waals surface area contributed by atoms with E-state index in [9.17, 15) is 10.1 Å². The van der Waals surface area contributed by atoms with Crippen molar-refractivity contribution < 1.29 is 19.9 Å². The Balaban J connectivity index is 2.25. The predicted octanol–water partition coefficient (Wildman–Crippen LogP) is 0.0950. The lowest BCUT2D eigenvalue weighted by Gasteiger charge is -2.16. The summed E-state index contributed by atoms with van der Waals surface area (Å²) in [7, 11) is 0. The lowest BCUT2D eigenvalue weighted by molar-refractivity contribution is -0.384. The normalized spacial score (nSPS) is 17.1. The Labute approximate surface area is 103 Å². The van der Waals surface area contributed by atoms with E-state index in [2.05, 4.69) is 4.99 Å². The van der Waals surface area contributed by atoms with Gasteiger partial charge in [-0.2, -0.15) is 0 Å². The fourth-order valence-electron chi connectivity index (χ4n) is 1.57. The van der Waals surface area contributed by atoms with E-state index < -0.39 is 10.5 Å². The summed E-state index contributed by atoms with van der Waals surface area (Å²) >= 11 is 0. The Bertz CT molecular complexity index is 479. The van der Waals surface area contributed by atoms with Gasteiger partial charge in [-0.25, -0.2) is 4.99 Å². The summed E-state index contributed by atoms with van der Waals surface area (Å²) in [5, 5.41) is 28.8. The summed E-state index contributed by atoms with van der Waals surface area (Å²) in [6.45, 7) is -0.549. The highest BCUT2D eigenvalue weighted by Gasteiger charge is 2.36. The molecule has 18 heavy (non-hydrogen) atoms. The molecule has 1 aliphatic heterocycles. The maximum absolute atomic E-state index is 10.5. The number of hydrogen-bond donors (Lipinski definition) is 2.